The van der Waals surface area contributed by atoms with E-state index in [1.807, 2.05) is 13.1 Å². The molecule has 1 saturated heterocycles. The molecular formula is C16H29N7. The number of piperazine rings is 1. The summed E-state index contributed by atoms with van der Waals surface area (Å²) in [7, 11) is 1.82. The first-order valence-electron chi connectivity index (χ1n) is 8.44. The molecule has 0 spiro atoms. The van der Waals surface area contributed by atoms with Crippen LogP contribution in [0.3, 0.4) is 0 Å². The van der Waals surface area contributed by atoms with Gasteiger partial charge in [-0.2, -0.15) is 0 Å². The van der Waals surface area contributed by atoms with Gasteiger partial charge in [0.2, 0.25) is 5.95 Å². The van der Waals surface area contributed by atoms with Crippen LogP contribution in [0.1, 0.15) is 20.3 Å². The van der Waals surface area contributed by atoms with Gasteiger partial charge in [-0.25, -0.2) is 9.97 Å². The zero-order chi connectivity index (χ0) is 16.5. The van der Waals surface area contributed by atoms with Crippen LogP contribution in [0.2, 0.25) is 0 Å². The van der Waals surface area contributed by atoms with Crippen LogP contribution in [0.5, 0.6) is 0 Å². The molecular weight excluding hydrogens is 290 g/mol. The van der Waals surface area contributed by atoms with Gasteiger partial charge in [0.1, 0.15) is 0 Å². The molecule has 0 amide bonds. The molecule has 1 aromatic heterocycles. The highest BCUT2D eigenvalue weighted by Crippen LogP contribution is 2.08. The Morgan fingerprint density at radius 2 is 1.96 bits per heavy atom. The van der Waals surface area contributed by atoms with E-state index in [1.165, 1.54) is 0 Å². The van der Waals surface area contributed by atoms with Crippen LogP contribution in [0, 0.1) is 0 Å². The summed E-state index contributed by atoms with van der Waals surface area (Å²) in [6, 6.07) is 2.29. The van der Waals surface area contributed by atoms with Gasteiger partial charge < -0.3 is 15.5 Å². The first-order chi connectivity index (χ1) is 11.2. The Kier molecular flexibility index (Phi) is 7.06. The van der Waals surface area contributed by atoms with Gasteiger partial charge in [-0.15, -0.1) is 0 Å². The summed E-state index contributed by atoms with van der Waals surface area (Å²) < 4.78 is 0. The molecule has 0 bridgehead atoms. The Hall–Kier alpha value is -1.89. The number of anilines is 1. The Morgan fingerprint density at radius 3 is 2.57 bits per heavy atom. The van der Waals surface area contributed by atoms with E-state index in [9.17, 15) is 0 Å². The number of nitrogens with zero attached hydrogens (tertiary/aromatic N) is 5. The average molecular weight is 319 g/mol. The molecule has 0 aromatic carbocycles. The highest BCUT2D eigenvalue weighted by molar-refractivity contribution is 5.79. The van der Waals surface area contributed by atoms with Crippen LogP contribution in [-0.4, -0.2) is 73.2 Å². The number of nitrogens with one attached hydrogen (secondary N) is 2. The van der Waals surface area contributed by atoms with E-state index in [0.717, 1.165) is 57.6 Å². The molecule has 0 aliphatic carbocycles. The van der Waals surface area contributed by atoms with Crippen molar-refractivity contribution in [3.8, 4) is 0 Å². The van der Waals surface area contributed by atoms with Crippen molar-refractivity contribution in [2.45, 2.75) is 26.3 Å². The minimum absolute atomic E-state index is 0.440. The van der Waals surface area contributed by atoms with E-state index in [4.69, 9.17) is 0 Å². The highest BCUT2D eigenvalue weighted by Gasteiger charge is 2.18. The summed E-state index contributed by atoms with van der Waals surface area (Å²) in [5.74, 6) is 1.72. The van der Waals surface area contributed by atoms with Crippen LogP contribution in [0.25, 0.3) is 0 Å². The molecule has 1 aliphatic heterocycles. The van der Waals surface area contributed by atoms with E-state index in [0.29, 0.717) is 6.04 Å². The minimum Gasteiger partial charge on any atom is -0.355 e. The zero-order valence-corrected chi connectivity index (χ0v) is 14.5. The Morgan fingerprint density at radius 1 is 1.26 bits per heavy atom. The lowest BCUT2D eigenvalue weighted by Crippen LogP contribution is -2.50. The molecule has 1 aromatic rings. The highest BCUT2D eigenvalue weighted by atomic mass is 15.3. The molecule has 0 radical (unpaired) electrons. The normalized spacial score (nSPS) is 17.9. The molecule has 7 heteroatoms. The molecule has 0 saturated carbocycles. The molecule has 1 unspecified atom stereocenters. The SMILES string of the molecule is CCC(C)NC(=NC)NCCN1CCN(c2ncccn2)CC1. The molecule has 2 rings (SSSR count). The fourth-order valence-corrected chi connectivity index (χ4v) is 2.49. The molecule has 23 heavy (non-hydrogen) atoms. The van der Waals surface area contributed by atoms with Gasteiger partial charge in [-0.05, 0) is 19.4 Å². The third-order valence-corrected chi connectivity index (χ3v) is 4.15. The lowest BCUT2D eigenvalue weighted by molar-refractivity contribution is 0.260. The van der Waals surface area contributed by atoms with Crippen molar-refractivity contribution in [3.05, 3.63) is 18.5 Å². The second kappa shape index (κ2) is 9.29. The standard InChI is InChI=1S/C16H29N7/c1-4-14(2)21-15(17-3)18-8-9-22-10-12-23(13-11-22)16-19-6-5-7-20-16/h5-7,14H,4,8-13H2,1-3H3,(H2,17,18,21). The van der Waals surface area contributed by atoms with Gasteiger partial charge >= 0.3 is 0 Å². The summed E-state index contributed by atoms with van der Waals surface area (Å²) in [5, 5.41) is 6.76. The quantitative estimate of drug-likeness (QED) is 0.590. The predicted molar refractivity (Wildman–Crippen MR) is 94.9 cm³/mol. The molecule has 1 fully saturated rings. The maximum atomic E-state index is 4.32. The maximum Gasteiger partial charge on any atom is 0.225 e. The van der Waals surface area contributed by atoms with E-state index in [2.05, 4.69) is 49.2 Å². The van der Waals surface area contributed by atoms with Crippen molar-refractivity contribution in [2.24, 2.45) is 4.99 Å². The summed E-state index contributed by atoms with van der Waals surface area (Å²) in [4.78, 5) is 17.6. The topological polar surface area (TPSA) is 68.7 Å². The Bertz CT molecular complexity index is 469. The van der Waals surface area contributed by atoms with Gasteiger partial charge in [0.05, 0.1) is 0 Å². The van der Waals surface area contributed by atoms with Crippen LogP contribution in [-0.2, 0) is 0 Å². The monoisotopic (exact) mass is 319 g/mol. The van der Waals surface area contributed by atoms with Gasteiger partial charge in [-0.3, -0.25) is 9.89 Å². The van der Waals surface area contributed by atoms with Crippen molar-refractivity contribution in [2.75, 3.05) is 51.2 Å². The average Bonchev–Trinajstić information content (AvgIpc) is 2.62. The van der Waals surface area contributed by atoms with Crippen molar-refractivity contribution in [1.82, 2.24) is 25.5 Å². The third kappa shape index (κ3) is 5.67. The van der Waals surface area contributed by atoms with Crippen LogP contribution in [0.15, 0.2) is 23.5 Å². The first-order valence-corrected chi connectivity index (χ1v) is 8.44. The van der Waals surface area contributed by atoms with Gasteiger partial charge in [0.25, 0.3) is 0 Å². The number of aliphatic imine (C=N–C) groups is 1. The molecule has 1 atom stereocenters. The maximum absolute atomic E-state index is 4.32. The molecule has 2 heterocycles. The third-order valence-electron chi connectivity index (χ3n) is 4.15. The summed E-state index contributed by atoms with van der Waals surface area (Å²) in [6.07, 6.45) is 4.69. The number of rotatable bonds is 6. The largest absolute Gasteiger partial charge is 0.355 e. The molecule has 128 valence electrons. The number of hydrogen-bond donors (Lipinski definition) is 2. The summed E-state index contributed by atoms with van der Waals surface area (Å²) in [5.41, 5.74) is 0. The second-order valence-corrected chi connectivity index (χ2v) is 5.83. The van der Waals surface area contributed by atoms with Gasteiger partial charge in [-0.1, -0.05) is 6.92 Å². The molecule has 7 nitrogen and oxygen atoms in total. The van der Waals surface area contributed by atoms with E-state index in [1.54, 1.807) is 12.4 Å². The molecule has 1 aliphatic rings. The van der Waals surface area contributed by atoms with Gasteiger partial charge in [0, 0.05) is 64.8 Å². The van der Waals surface area contributed by atoms with Crippen molar-refractivity contribution in [1.29, 1.82) is 0 Å². The first kappa shape index (κ1) is 17.5. The van der Waals surface area contributed by atoms with Crippen LogP contribution in [0.4, 0.5) is 5.95 Å². The number of guanidine groups is 1. The zero-order valence-electron chi connectivity index (χ0n) is 14.5. The predicted octanol–water partition coefficient (Wildman–Crippen LogP) is 0.562. The Labute approximate surface area is 139 Å². The van der Waals surface area contributed by atoms with E-state index >= 15 is 0 Å². The Balaban J connectivity index is 1.67. The second-order valence-electron chi connectivity index (χ2n) is 5.83. The van der Waals surface area contributed by atoms with Crippen LogP contribution >= 0.6 is 0 Å². The fraction of sp³-hybridized carbons (Fsp3) is 0.688. The number of hydrogen-bond acceptors (Lipinski definition) is 5. The van der Waals surface area contributed by atoms with Gasteiger partial charge in [0.15, 0.2) is 5.96 Å². The van der Waals surface area contributed by atoms with Crippen molar-refractivity contribution >= 4 is 11.9 Å². The smallest absolute Gasteiger partial charge is 0.225 e. The lowest BCUT2D eigenvalue weighted by atomic mass is 10.3. The molecule has 2 N–H and O–H groups in total. The minimum atomic E-state index is 0.440. The fourth-order valence-electron chi connectivity index (χ4n) is 2.49. The van der Waals surface area contributed by atoms with Crippen LogP contribution < -0.4 is 15.5 Å². The van der Waals surface area contributed by atoms with E-state index < -0.39 is 0 Å². The summed E-state index contributed by atoms with van der Waals surface area (Å²) >= 11 is 0. The van der Waals surface area contributed by atoms with Crippen molar-refractivity contribution < 1.29 is 0 Å². The lowest BCUT2D eigenvalue weighted by Gasteiger charge is -2.34. The van der Waals surface area contributed by atoms with E-state index in [-0.39, 0.29) is 0 Å². The summed E-state index contributed by atoms with van der Waals surface area (Å²) in [6.45, 7) is 10.3. The number of aromatic nitrogens is 2. The van der Waals surface area contributed by atoms with Crippen molar-refractivity contribution in [3.63, 3.8) is 0 Å².